The topological polar surface area (TPSA) is 34.6 Å². The lowest BCUT2D eigenvalue weighted by Crippen LogP contribution is -2.41. The fourth-order valence-corrected chi connectivity index (χ4v) is 3.74. The fraction of sp³-hybridized carbons (Fsp3) is 0.526. The van der Waals surface area contributed by atoms with E-state index in [1.54, 1.807) is 11.3 Å². The molecule has 0 N–H and O–H groups in total. The van der Waals surface area contributed by atoms with Crippen molar-refractivity contribution in [3.8, 4) is 0 Å². The van der Waals surface area contributed by atoms with Crippen molar-refractivity contribution in [2.75, 3.05) is 7.05 Å². The molecule has 1 aliphatic heterocycles. The molecule has 2 aromatic rings. The number of benzene rings is 1. The molecule has 0 bridgehead atoms. The lowest BCUT2D eigenvalue weighted by molar-refractivity contribution is 0.00578. The molecule has 0 spiro atoms. The van der Waals surface area contributed by atoms with Crippen LogP contribution in [0.25, 0.3) is 0 Å². The Bertz CT molecular complexity index is 778. The van der Waals surface area contributed by atoms with Crippen LogP contribution in [0.4, 0.5) is 4.39 Å². The van der Waals surface area contributed by atoms with Gasteiger partial charge in [-0.3, -0.25) is 4.90 Å². The minimum Gasteiger partial charge on any atom is -0.399 e. The first-order valence-electron chi connectivity index (χ1n) is 8.80. The Kier molecular flexibility index (Phi) is 5.27. The number of thiazole rings is 1. The van der Waals surface area contributed by atoms with Crippen LogP contribution in [0.1, 0.15) is 43.8 Å². The van der Waals surface area contributed by atoms with Crippen LogP contribution in [-0.2, 0) is 22.4 Å². The van der Waals surface area contributed by atoms with Gasteiger partial charge >= 0.3 is 7.12 Å². The molecule has 0 atom stereocenters. The van der Waals surface area contributed by atoms with Gasteiger partial charge in [0.1, 0.15) is 5.82 Å². The summed E-state index contributed by atoms with van der Waals surface area (Å²) in [6.45, 7) is 11.3. The van der Waals surface area contributed by atoms with E-state index in [9.17, 15) is 4.39 Å². The Labute approximate surface area is 159 Å². The first kappa shape index (κ1) is 19.5. The number of aryl methyl sites for hydroxylation is 1. The van der Waals surface area contributed by atoms with Crippen LogP contribution < -0.4 is 5.46 Å². The number of hydrogen-bond acceptors (Lipinski definition) is 5. The Morgan fingerprint density at radius 2 is 1.81 bits per heavy atom. The summed E-state index contributed by atoms with van der Waals surface area (Å²) in [5, 5.41) is 0. The molecule has 4 nitrogen and oxygen atoms in total. The molecule has 0 saturated carbocycles. The summed E-state index contributed by atoms with van der Waals surface area (Å²) < 4.78 is 26.7. The zero-order valence-electron chi connectivity index (χ0n) is 16.3. The summed E-state index contributed by atoms with van der Waals surface area (Å²) >= 11 is 1.63. The summed E-state index contributed by atoms with van der Waals surface area (Å²) in [4.78, 5) is 7.56. The van der Waals surface area contributed by atoms with Gasteiger partial charge in [-0.2, -0.15) is 0 Å². The van der Waals surface area contributed by atoms with Crippen molar-refractivity contribution in [1.29, 1.82) is 0 Å². The molecular weight excluding hydrogens is 350 g/mol. The molecule has 0 unspecified atom stereocenters. The van der Waals surface area contributed by atoms with Gasteiger partial charge in [0, 0.05) is 23.5 Å². The zero-order valence-corrected chi connectivity index (χ0v) is 17.1. The monoisotopic (exact) mass is 376 g/mol. The smallest absolute Gasteiger partial charge is 0.399 e. The van der Waals surface area contributed by atoms with Crippen LogP contribution in [0.3, 0.4) is 0 Å². The van der Waals surface area contributed by atoms with Gasteiger partial charge in [-0.05, 0) is 53.2 Å². The number of hydrogen-bond donors (Lipinski definition) is 0. The maximum absolute atomic E-state index is 14.7. The third kappa shape index (κ3) is 3.86. The largest absolute Gasteiger partial charge is 0.494 e. The average molecular weight is 376 g/mol. The highest BCUT2D eigenvalue weighted by Gasteiger charge is 2.51. The van der Waals surface area contributed by atoms with E-state index in [2.05, 4.69) is 9.88 Å². The number of aromatic nitrogens is 1. The van der Waals surface area contributed by atoms with Gasteiger partial charge in [0.05, 0.1) is 22.4 Å². The molecule has 1 saturated heterocycles. The average Bonchev–Trinajstić information content (AvgIpc) is 3.02. The van der Waals surface area contributed by atoms with Crippen molar-refractivity contribution in [1.82, 2.24) is 9.88 Å². The van der Waals surface area contributed by atoms with Crippen molar-refractivity contribution in [3.63, 3.8) is 0 Å². The fourth-order valence-electron chi connectivity index (χ4n) is 2.89. The molecule has 1 aliphatic rings. The Balaban J connectivity index is 1.69. The second kappa shape index (κ2) is 7.04. The van der Waals surface area contributed by atoms with Gasteiger partial charge in [-0.1, -0.05) is 12.1 Å². The number of nitrogens with zero attached hydrogens (tertiary/aromatic N) is 2. The molecule has 1 fully saturated rings. The van der Waals surface area contributed by atoms with E-state index in [0.29, 0.717) is 17.6 Å². The van der Waals surface area contributed by atoms with E-state index in [0.717, 1.165) is 12.2 Å². The molecule has 7 heteroatoms. The lowest BCUT2D eigenvalue weighted by atomic mass is 9.78. The molecule has 0 aliphatic carbocycles. The lowest BCUT2D eigenvalue weighted by Gasteiger charge is -2.32. The molecule has 1 aromatic carbocycles. The van der Waals surface area contributed by atoms with Gasteiger partial charge in [0.15, 0.2) is 0 Å². The van der Waals surface area contributed by atoms with Crippen LogP contribution in [0, 0.1) is 12.7 Å². The molecule has 0 radical (unpaired) electrons. The van der Waals surface area contributed by atoms with Crippen LogP contribution in [0.5, 0.6) is 0 Å². The predicted octanol–water partition coefficient (Wildman–Crippen LogP) is 3.52. The summed E-state index contributed by atoms with van der Waals surface area (Å²) in [6, 6.07) is 5.25. The van der Waals surface area contributed by atoms with E-state index in [4.69, 9.17) is 9.31 Å². The molecule has 0 amide bonds. The third-order valence-electron chi connectivity index (χ3n) is 5.30. The Hall–Kier alpha value is -1.28. The quantitative estimate of drug-likeness (QED) is 0.748. The van der Waals surface area contributed by atoms with Crippen LogP contribution >= 0.6 is 11.3 Å². The van der Waals surface area contributed by atoms with Crippen molar-refractivity contribution in [3.05, 3.63) is 45.7 Å². The van der Waals surface area contributed by atoms with Crippen molar-refractivity contribution in [2.45, 2.75) is 58.9 Å². The van der Waals surface area contributed by atoms with Crippen molar-refractivity contribution in [2.24, 2.45) is 0 Å². The van der Waals surface area contributed by atoms with Crippen LogP contribution in [0.2, 0.25) is 0 Å². The summed E-state index contributed by atoms with van der Waals surface area (Å²) in [5.41, 5.74) is 3.40. The number of rotatable bonds is 5. The molecule has 1 aromatic heterocycles. The highest BCUT2D eigenvalue weighted by Crippen LogP contribution is 2.36. The highest BCUT2D eigenvalue weighted by atomic mass is 32.1. The minimum absolute atomic E-state index is 0.231. The molecule has 140 valence electrons. The van der Waals surface area contributed by atoms with Gasteiger partial charge in [0.2, 0.25) is 0 Å². The Morgan fingerprint density at radius 3 is 2.35 bits per heavy atom. The minimum atomic E-state index is -0.541. The first-order valence-corrected chi connectivity index (χ1v) is 9.68. The van der Waals surface area contributed by atoms with Gasteiger partial charge in [-0.25, -0.2) is 9.37 Å². The SMILES string of the molecule is Cc1ncsc1CN(C)Cc1ccc(B2OC(C)(C)C(C)(C)O2)cc1F. The van der Waals surface area contributed by atoms with Gasteiger partial charge < -0.3 is 9.31 Å². The van der Waals surface area contributed by atoms with E-state index in [1.807, 2.05) is 59.3 Å². The van der Waals surface area contributed by atoms with Gasteiger partial charge in [0.25, 0.3) is 0 Å². The Morgan fingerprint density at radius 1 is 1.15 bits per heavy atom. The van der Waals surface area contributed by atoms with E-state index in [1.165, 1.54) is 10.9 Å². The van der Waals surface area contributed by atoms with E-state index in [-0.39, 0.29) is 5.82 Å². The standard InChI is InChI=1S/C19H26BFN2O2S/c1-13-17(26-12-22-13)11-23(6)10-14-7-8-15(9-16(14)21)20-24-18(2,3)19(4,5)25-20/h7-9,12H,10-11H2,1-6H3. The third-order valence-corrected chi connectivity index (χ3v) is 6.22. The summed E-state index contributed by atoms with van der Waals surface area (Å²) in [6.07, 6.45) is 0. The zero-order chi connectivity index (χ0) is 19.1. The van der Waals surface area contributed by atoms with Crippen LogP contribution in [-0.4, -0.2) is 35.3 Å². The first-order chi connectivity index (χ1) is 12.1. The van der Waals surface area contributed by atoms with E-state index < -0.39 is 18.3 Å². The van der Waals surface area contributed by atoms with Crippen LogP contribution in [0.15, 0.2) is 23.7 Å². The maximum Gasteiger partial charge on any atom is 0.494 e. The van der Waals surface area contributed by atoms with Crippen molar-refractivity contribution < 1.29 is 13.7 Å². The van der Waals surface area contributed by atoms with Gasteiger partial charge in [-0.15, -0.1) is 11.3 Å². The molecular formula is C19H26BFN2O2S. The van der Waals surface area contributed by atoms with Crippen molar-refractivity contribution >= 4 is 23.9 Å². The highest BCUT2D eigenvalue weighted by molar-refractivity contribution is 7.09. The maximum atomic E-state index is 14.7. The predicted molar refractivity (Wildman–Crippen MR) is 104 cm³/mol. The molecule has 2 heterocycles. The summed E-state index contributed by atoms with van der Waals surface area (Å²) in [7, 11) is 1.45. The number of halogens is 1. The summed E-state index contributed by atoms with van der Waals surface area (Å²) in [5.74, 6) is -0.231. The van der Waals surface area contributed by atoms with E-state index >= 15 is 0 Å². The second-order valence-corrected chi connectivity index (χ2v) is 8.91. The normalized spacial score (nSPS) is 18.7. The second-order valence-electron chi connectivity index (χ2n) is 7.97. The molecule has 26 heavy (non-hydrogen) atoms. The molecule has 3 rings (SSSR count).